The summed E-state index contributed by atoms with van der Waals surface area (Å²) in [5, 5.41) is 3.00. The van der Waals surface area contributed by atoms with Gasteiger partial charge in [0.05, 0.1) is 18.2 Å². The molecule has 1 rings (SSSR count). The van der Waals surface area contributed by atoms with Crippen molar-refractivity contribution >= 4 is 17.6 Å². The summed E-state index contributed by atoms with van der Waals surface area (Å²) in [5.74, 6) is -0.726. The van der Waals surface area contributed by atoms with Crippen LogP contribution in [0.2, 0.25) is 5.02 Å². The van der Waals surface area contributed by atoms with Gasteiger partial charge in [0.1, 0.15) is 5.82 Å². The predicted octanol–water partition coefficient (Wildman–Crippen LogP) is 2.91. The summed E-state index contributed by atoms with van der Waals surface area (Å²) in [6.07, 6.45) is 1.87. The van der Waals surface area contributed by atoms with Gasteiger partial charge in [0.15, 0.2) is 0 Å². The molecule has 0 saturated heterocycles. The van der Waals surface area contributed by atoms with Crippen LogP contribution in [0.1, 0.15) is 25.3 Å². The van der Waals surface area contributed by atoms with Gasteiger partial charge in [-0.15, -0.1) is 0 Å². The summed E-state index contributed by atoms with van der Waals surface area (Å²) in [4.78, 5) is 11.3. The molecule has 1 aromatic rings. The van der Waals surface area contributed by atoms with Crippen LogP contribution >= 0.6 is 11.6 Å². The van der Waals surface area contributed by atoms with Crippen LogP contribution < -0.4 is 5.32 Å². The molecule has 0 aliphatic carbocycles. The van der Waals surface area contributed by atoms with Crippen molar-refractivity contribution in [3.63, 3.8) is 0 Å². The van der Waals surface area contributed by atoms with Gasteiger partial charge in [-0.25, -0.2) is 4.39 Å². The lowest BCUT2D eigenvalue weighted by Gasteiger charge is -2.06. The second-order valence-electron chi connectivity index (χ2n) is 3.93. The van der Waals surface area contributed by atoms with Crippen LogP contribution in [0.4, 0.5) is 4.39 Å². The molecular weight excluding hydrogens is 257 g/mol. The number of rotatable bonds is 7. The zero-order chi connectivity index (χ0) is 13.4. The molecule has 0 aromatic heterocycles. The molecular formula is C13H17ClFNO2. The number of hydrogen-bond acceptors (Lipinski definition) is 3. The van der Waals surface area contributed by atoms with Gasteiger partial charge < -0.3 is 10.1 Å². The van der Waals surface area contributed by atoms with Crippen molar-refractivity contribution in [2.45, 2.75) is 26.3 Å². The molecule has 0 heterocycles. The number of nitrogens with one attached hydrogen (secondary N) is 1. The number of benzene rings is 1. The fraction of sp³-hybridized carbons (Fsp3) is 0.462. The van der Waals surface area contributed by atoms with Crippen LogP contribution in [-0.2, 0) is 16.1 Å². The molecule has 0 fully saturated rings. The predicted molar refractivity (Wildman–Crippen MR) is 69.0 cm³/mol. The minimum atomic E-state index is -0.445. The molecule has 0 unspecified atom stereocenters. The molecule has 100 valence electrons. The van der Waals surface area contributed by atoms with Crippen molar-refractivity contribution in [3.05, 3.63) is 34.6 Å². The molecule has 0 amide bonds. The molecule has 5 heteroatoms. The number of ether oxygens (including phenoxy) is 1. The Morgan fingerprint density at radius 2 is 2.28 bits per heavy atom. The van der Waals surface area contributed by atoms with E-state index < -0.39 is 5.82 Å². The smallest absolute Gasteiger partial charge is 0.319 e. The molecule has 18 heavy (non-hydrogen) atoms. The summed E-state index contributed by atoms with van der Waals surface area (Å²) < 4.78 is 17.9. The zero-order valence-corrected chi connectivity index (χ0v) is 11.1. The van der Waals surface area contributed by atoms with Crippen molar-refractivity contribution in [2.24, 2.45) is 0 Å². The molecule has 0 radical (unpaired) electrons. The van der Waals surface area contributed by atoms with E-state index in [4.69, 9.17) is 16.3 Å². The van der Waals surface area contributed by atoms with Gasteiger partial charge in [-0.1, -0.05) is 31.0 Å². The van der Waals surface area contributed by atoms with E-state index in [2.05, 4.69) is 5.32 Å². The molecule has 1 N–H and O–H groups in total. The van der Waals surface area contributed by atoms with Crippen LogP contribution in [0.5, 0.6) is 0 Å². The Balaban J connectivity index is 2.24. The molecule has 0 aliphatic heterocycles. The van der Waals surface area contributed by atoms with E-state index in [9.17, 15) is 9.18 Å². The number of carbonyl (C=O) groups is 1. The fourth-order valence-electron chi connectivity index (χ4n) is 1.34. The first-order chi connectivity index (χ1) is 8.63. The van der Waals surface area contributed by atoms with Crippen molar-refractivity contribution in [2.75, 3.05) is 13.2 Å². The highest BCUT2D eigenvalue weighted by molar-refractivity contribution is 6.30. The van der Waals surface area contributed by atoms with E-state index in [-0.39, 0.29) is 17.5 Å². The molecule has 0 atom stereocenters. The summed E-state index contributed by atoms with van der Waals surface area (Å²) in [6, 6.07) is 4.46. The van der Waals surface area contributed by atoms with E-state index in [0.717, 1.165) is 18.4 Å². The first kappa shape index (κ1) is 14.9. The lowest BCUT2D eigenvalue weighted by atomic mass is 10.2. The third kappa shape index (κ3) is 5.47. The van der Waals surface area contributed by atoms with Crippen LogP contribution in [0.15, 0.2) is 18.2 Å². The highest BCUT2D eigenvalue weighted by Crippen LogP contribution is 2.15. The first-order valence-corrected chi connectivity index (χ1v) is 6.31. The van der Waals surface area contributed by atoms with E-state index in [0.29, 0.717) is 13.2 Å². The Kier molecular flexibility index (Phi) is 6.68. The molecule has 0 spiro atoms. The van der Waals surface area contributed by atoms with Gasteiger partial charge in [-0.3, -0.25) is 4.79 Å². The highest BCUT2D eigenvalue weighted by atomic mass is 35.5. The standard InChI is InChI=1S/C13H17ClFNO2/c1-2-3-6-18-13(17)9-16-8-10-4-5-12(15)11(14)7-10/h4-5,7,16H,2-3,6,8-9H2,1H3. The first-order valence-electron chi connectivity index (χ1n) is 5.93. The van der Waals surface area contributed by atoms with Crippen molar-refractivity contribution in [3.8, 4) is 0 Å². The summed E-state index contributed by atoms with van der Waals surface area (Å²) in [7, 11) is 0. The monoisotopic (exact) mass is 273 g/mol. The quantitative estimate of drug-likeness (QED) is 0.613. The Hall–Kier alpha value is -1.13. The zero-order valence-electron chi connectivity index (χ0n) is 10.3. The average molecular weight is 274 g/mol. The van der Waals surface area contributed by atoms with Crippen LogP contribution in [-0.4, -0.2) is 19.1 Å². The van der Waals surface area contributed by atoms with E-state index in [1.165, 1.54) is 12.1 Å². The Bertz CT molecular complexity index is 399. The maximum Gasteiger partial charge on any atom is 0.319 e. The molecule has 0 aliphatic rings. The second kappa shape index (κ2) is 8.06. The maximum absolute atomic E-state index is 12.9. The molecule has 0 saturated carbocycles. The minimum Gasteiger partial charge on any atom is -0.465 e. The van der Waals surface area contributed by atoms with Crippen molar-refractivity contribution in [1.29, 1.82) is 0 Å². The van der Waals surface area contributed by atoms with Crippen LogP contribution in [0, 0.1) is 5.82 Å². The van der Waals surface area contributed by atoms with Gasteiger partial charge in [0.25, 0.3) is 0 Å². The Morgan fingerprint density at radius 1 is 1.50 bits per heavy atom. The molecule has 0 bridgehead atoms. The lowest BCUT2D eigenvalue weighted by Crippen LogP contribution is -2.24. The normalized spacial score (nSPS) is 10.4. The van der Waals surface area contributed by atoms with Gasteiger partial charge >= 0.3 is 5.97 Å². The van der Waals surface area contributed by atoms with E-state index in [1.54, 1.807) is 6.07 Å². The van der Waals surface area contributed by atoms with Gasteiger partial charge in [0, 0.05) is 6.54 Å². The number of hydrogen-bond donors (Lipinski definition) is 1. The average Bonchev–Trinajstić information content (AvgIpc) is 2.34. The molecule has 3 nitrogen and oxygen atoms in total. The maximum atomic E-state index is 12.9. The summed E-state index contributed by atoms with van der Waals surface area (Å²) >= 11 is 5.65. The topological polar surface area (TPSA) is 38.3 Å². The van der Waals surface area contributed by atoms with Crippen LogP contribution in [0.25, 0.3) is 0 Å². The summed E-state index contributed by atoms with van der Waals surface area (Å²) in [5.41, 5.74) is 0.822. The van der Waals surface area contributed by atoms with Gasteiger partial charge in [-0.05, 0) is 24.1 Å². The third-order valence-corrected chi connectivity index (χ3v) is 2.63. The third-order valence-electron chi connectivity index (χ3n) is 2.34. The number of esters is 1. The van der Waals surface area contributed by atoms with E-state index >= 15 is 0 Å². The SMILES string of the molecule is CCCCOC(=O)CNCc1ccc(F)c(Cl)c1. The Morgan fingerprint density at radius 3 is 2.94 bits per heavy atom. The van der Waals surface area contributed by atoms with Gasteiger partial charge in [0.2, 0.25) is 0 Å². The molecule has 1 aromatic carbocycles. The number of unbranched alkanes of at least 4 members (excludes halogenated alkanes) is 1. The lowest BCUT2D eigenvalue weighted by molar-refractivity contribution is -0.142. The second-order valence-corrected chi connectivity index (χ2v) is 4.33. The largest absolute Gasteiger partial charge is 0.465 e. The van der Waals surface area contributed by atoms with E-state index in [1.807, 2.05) is 6.92 Å². The Labute approximate surface area is 111 Å². The number of halogens is 2. The van der Waals surface area contributed by atoms with Crippen molar-refractivity contribution in [1.82, 2.24) is 5.32 Å². The fourth-order valence-corrected chi connectivity index (χ4v) is 1.54. The summed E-state index contributed by atoms with van der Waals surface area (Å²) in [6.45, 7) is 3.07. The minimum absolute atomic E-state index is 0.0832. The van der Waals surface area contributed by atoms with Crippen molar-refractivity contribution < 1.29 is 13.9 Å². The van der Waals surface area contributed by atoms with Crippen LogP contribution in [0.3, 0.4) is 0 Å². The highest BCUT2D eigenvalue weighted by Gasteiger charge is 2.03. The number of carbonyl (C=O) groups excluding carboxylic acids is 1. The van der Waals surface area contributed by atoms with Gasteiger partial charge in [-0.2, -0.15) is 0 Å².